The Labute approximate surface area is 322 Å². The molecule has 0 aliphatic carbocycles. The summed E-state index contributed by atoms with van der Waals surface area (Å²) in [5.74, 6) is 0. The van der Waals surface area contributed by atoms with E-state index in [1.54, 1.807) is 0 Å². The fraction of sp³-hybridized carbons (Fsp3) is 0.0400. The van der Waals surface area contributed by atoms with Crippen LogP contribution in [0.3, 0.4) is 0 Å². The fourth-order valence-corrected chi connectivity index (χ4v) is 13.1. The number of benzene rings is 8. The Kier molecular flexibility index (Phi) is 7.16. The van der Waals surface area contributed by atoms with Crippen LogP contribution in [0.25, 0.3) is 106 Å². The van der Waals surface area contributed by atoms with E-state index in [1.807, 2.05) is 22.7 Å². The van der Waals surface area contributed by atoms with Crippen LogP contribution < -0.4 is 0 Å². The Morgan fingerprint density at radius 2 is 0.962 bits per heavy atom. The molecule has 11 aromatic rings. The monoisotopic (exact) mass is 776 g/mol. The van der Waals surface area contributed by atoms with Crippen LogP contribution in [-0.2, 0) is 0 Å². The third-order valence-electron chi connectivity index (χ3n) is 10.9. The number of thiophene rings is 2. The van der Waals surface area contributed by atoms with Gasteiger partial charge < -0.3 is 0 Å². The molecule has 3 heterocycles. The number of fused-ring (bicyclic) bond motifs is 7. The zero-order chi connectivity index (χ0) is 35.2. The van der Waals surface area contributed by atoms with Crippen LogP contribution >= 0.6 is 22.7 Å². The Morgan fingerprint density at radius 1 is 0.415 bits per heavy atom. The molecule has 3 aromatic heterocycles. The molecule has 0 saturated carbocycles. The van der Waals surface area contributed by atoms with E-state index in [0.29, 0.717) is 0 Å². The first-order valence-corrected chi connectivity index (χ1v) is 21.5. The molecule has 0 unspecified atom stereocenters. The van der Waals surface area contributed by atoms with Gasteiger partial charge in [-0.15, -0.1) is 0 Å². The normalized spacial score (nSPS) is 12.0. The van der Waals surface area contributed by atoms with E-state index < -0.39 is 0 Å². The summed E-state index contributed by atoms with van der Waals surface area (Å²) in [5.41, 5.74) is 9.32. The molecule has 0 aliphatic heterocycles. The van der Waals surface area contributed by atoms with Crippen molar-refractivity contribution in [3.05, 3.63) is 167 Å². The summed E-state index contributed by atoms with van der Waals surface area (Å²) in [5, 5.41) is 15.6. The molecule has 8 aromatic carbocycles. The summed E-state index contributed by atoms with van der Waals surface area (Å²) in [7, 11) is 0. The Bertz CT molecular complexity index is 3150. The van der Waals surface area contributed by atoms with Gasteiger partial charge in [0.2, 0.25) is 0 Å². The van der Waals surface area contributed by atoms with Gasteiger partial charge in [0.1, 0.15) is 0 Å². The van der Waals surface area contributed by atoms with E-state index >= 15 is 0 Å². The SMILES string of the molecule is Cc1csc(-c2c3ccccc3c(-c3ccc4c(c3)[se]c3cccc(-c5c6ccccc6c(-c6ccc(C)s6)c6ccccc56)c34)c3ccccc23)c1. The molecule has 0 bridgehead atoms. The molecular weight excluding hydrogens is 744 g/mol. The molecule has 3 heteroatoms. The molecule has 0 aliphatic rings. The van der Waals surface area contributed by atoms with E-state index in [9.17, 15) is 0 Å². The van der Waals surface area contributed by atoms with Crippen molar-refractivity contribution in [2.45, 2.75) is 13.8 Å². The maximum absolute atomic E-state index is 2.51. The molecule has 0 radical (unpaired) electrons. The van der Waals surface area contributed by atoms with Gasteiger partial charge in [0, 0.05) is 0 Å². The molecular formula is C50H32S2Se. The summed E-state index contributed by atoms with van der Waals surface area (Å²) in [6.07, 6.45) is 0. The zero-order valence-electron chi connectivity index (χ0n) is 29.2. The van der Waals surface area contributed by atoms with E-state index in [4.69, 9.17) is 0 Å². The van der Waals surface area contributed by atoms with E-state index in [0.717, 1.165) is 0 Å². The Balaban J connectivity index is 1.18. The minimum atomic E-state index is 0.191. The third kappa shape index (κ3) is 4.79. The standard InChI is InChI=1S/C50H32S2Se/c1-29-26-43(51-28-29)49-36-16-7-3-12-32(36)46(33-13-4-8-17-37(33)49)31-23-24-40-45(27-31)53-44-21-11-20-41(50(40)44)47-34-14-5-9-18-38(34)48(42-25-22-30(2)52-42)39-19-10-6-15-35(39)47/h3-28H,1-2H3. The van der Waals surface area contributed by atoms with Crippen LogP contribution in [0.2, 0.25) is 0 Å². The minimum absolute atomic E-state index is 0.191. The molecule has 11 rings (SSSR count). The topological polar surface area (TPSA) is 0 Å². The second kappa shape index (κ2) is 12.1. The van der Waals surface area contributed by atoms with Crippen molar-refractivity contribution in [3.8, 4) is 43.1 Å². The van der Waals surface area contributed by atoms with Gasteiger partial charge in [-0.05, 0) is 0 Å². The molecule has 0 spiro atoms. The maximum atomic E-state index is 2.51. The van der Waals surface area contributed by atoms with Gasteiger partial charge in [0.05, 0.1) is 0 Å². The van der Waals surface area contributed by atoms with Crippen molar-refractivity contribution in [2.24, 2.45) is 0 Å². The van der Waals surface area contributed by atoms with Crippen LogP contribution in [0, 0.1) is 13.8 Å². The second-order valence-corrected chi connectivity index (χ2v) is 18.5. The van der Waals surface area contributed by atoms with Crippen molar-refractivity contribution in [1.82, 2.24) is 0 Å². The van der Waals surface area contributed by atoms with Gasteiger partial charge in [0.15, 0.2) is 0 Å². The van der Waals surface area contributed by atoms with Gasteiger partial charge in [-0.2, -0.15) is 0 Å². The molecule has 0 fully saturated rings. The van der Waals surface area contributed by atoms with Gasteiger partial charge in [-0.1, -0.05) is 0 Å². The molecule has 0 nitrogen and oxygen atoms in total. The summed E-state index contributed by atoms with van der Waals surface area (Å²) in [6.45, 7) is 4.40. The quantitative estimate of drug-likeness (QED) is 0.123. The number of aryl methyl sites for hydroxylation is 2. The van der Waals surface area contributed by atoms with E-state index in [1.165, 1.54) is 116 Å². The Morgan fingerprint density at radius 3 is 1.49 bits per heavy atom. The summed E-state index contributed by atoms with van der Waals surface area (Å²) < 4.78 is 2.93. The van der Waals surface area contributed by atoms with Crippen molar-refractivity contribution in [1.29, 1.82) is 0 Å². The van der Waals surface area contributed by atoms with Gasteiger partial charge in [-0.25, -0.2) is 0 Å². The average Bonchev–Trinajstić information content (AvgIpc) is 3.93. The predicted octanol–water partition coefficient (Wildman–Crippen LogP) is 15.1. The van der Waals surface area contributed by atoms with Crippen molar-refractivity contribution < 1.29 is 0 Å². The van der Waals surface area contributed by atoms with Crippen molar-refractivity contribution >= 4 is 99.6 Å². The first-order valence-electron chi connectivity index (χ1n) is 18.1. The van der Waals surface area contributed by atoms with Crippen LogP contribution in [0.5, 0.6) is 0 Å². The molecule has 53 heavy (non-hydrogen) atoms. The summed E-state index contributed by atoms with van der Waals surface area (Å²) in [4.78, 5) is 4.01. The van der Waals surface area contributed by atoms with Crippen LogP contribution in [-0.4, -0.2) is 14.5 Å². The molecule has 250 valence electrons. The van der Waals surface area contributed by atoms with E-state index in [2.05, 4.69) is 171 Å². The molecule has 0 N–H and O–H groups in total. The van der Waals surface area contributed by atoms with Gasteiger partial charge >= 0.3 is 324 Å². The predicted molar refractivity (Wildman–Crippen MR) is 235 cm³/mol. The fourth-order valence-electron chi connectivity index (χ4n) is 8.71. The van der Waals surface area contributed by atoms with Crippen molar-refractivity contribution in [2.75, 3.05) is 0 Å². The first-order chi connectivity index (χ1) is 26.1. The van der Waals surface area contributed by atoms with Crippen LogP contribution in [0.15, 0.2) is 157 Å². The molecule has 0 saturated heterocycles. The first kappa shape index (κ1) is 31.3. The average molecular weight is 776 g/mol. The van der Waals surface area contributed by atoms with Gasteiger partial charge in [-0.3, -0.25) is 0 Å². The number of hydrogen-bond acceptors (Lipinski definition) is 2. The molecule has 0 amide bonds. The van der Waals surface area contributed by atoms with Crippen LogP contribution in [0.4, 0.5) is 0 Å². The molecule has 0 atom stereocenters. The van der Waals surface area contributed by atoms with E-state index in [-0.39, 0.29) is 14.5 Å². The summed E-state index contributed by atoms with van der Waals surface area (Å²) >= 11 is 3.93. The number of rotatable bonds is 4. The van der Waals surface area contributed by atoms with Crippen molar-refractivity contribution in [3.63, 3.8) is 0 Å². The van der Waals surface area contributed by atoms with Gasteiger partial charge in [0.25, 0.3) is 0 Å². The summed E-state index contributed by atoms with van der Waals surface area (Å²) in [6, 6.07) is 57.4. The number of hydrogen-bond donors (Lipinski definition) is 0. The Hall–Kier alpha value is -5.28. The zero-order valence-corrected chi connectivity index (χ0v) is 32.6. The van der Waals surface area contributed by atoms with Crippen LogP contribution in [0.1, 0.15) is 10.4 Å². The second-order valence-electron chi connectivity index (χ2n) is 14.1. The third-order valence-corrected chi connectivity index (χ3v) is 15.3.